The number of aromatic carboxylic acids is 1. The van der Waals surface area contributed by atoms with Crippen LogP contribution < -0.4 is 9.92 Å². The summed E-state index contributed by atoms with van der Waals surface area (Å²) in [5.41, 5.74) is 5.21. The maximum absolute atomic E-state index is 12.1. The number of carboxylic acid groups (broad SMARTS) is 1. The Bertz CT molecular complexity index is 741. The fraction of sp³-hybridized carbons (Fsp3) is 0. The van der Waals surface area contributed by atoms with Crippen molar-refractivity contribution in [1.82, 2.24) is 0 Å². The highest BCUT2D eigenvalue weighted by molar-refractivity contribution is 7.87. The third-order valence-electron chi connectivity index (χ3n) is 2.50. The Morgan fingerprint density at radius 3 is 2.30 bits per heavy atom. The minimum atomic E-state index is -4.14. The second-order valence-electron chi connectivity index (χ2n) is 3.88. The first-order valence-corrected chi connectivity index (χ1v) is 6.94. The molecule has 0 spiro atoms. The molecule has 104 valence electrons. The zero-order valence-electron chi connectivity index (χ0n) is 10.2. The Hall–Kier alpha value is -2.54. The van der Waals surface area contributed by atoms with Crippen LogP contribution in [0.4, 0.5) is 5.69 Å². The van der Waals surface area contributed by atoms with Crippen LogP contribution in [-0.2, 0) is 10.1 Å². The summed E-state index contributed by atoms with van der Waals surface area (Å²) in [4.78, 5) is 11.0. The molecule has 0 aliphatic heterocycles. The molecule has 6 nitrogen and oxygen atoms in total. The molecule has 0 aromatic heterocycles. The highest BCUT2D eigenvalue weighted by Crippen LogP contribution is 2.29. The first-order chi connectivity index (χ1) is 9.42. The molecule has 0 saturated carbocycles. The van der Waals surface area contributed by atoms with Crippen LogP contribution >= 0.6 is 0 Å². The van der Waals surface area contributed by atoms with E-state index in [1.807, 2.05) is 0 Å². The molecule has 0 fully saturated rings. The summed E-state index contributed by atoms with van der Waals surface area (Å²) in [6.07, 6.45) is 0. The van der Waals surface area contributed by atoms with Gasteiger partial charge in [0.15, 0.2) is 5.75 Å². The second-order valence-corrected chi connectivity index (χ2v) is 5.43. The van der Waals surface area contributed by atoms with E-state index in [0.717, 1.165) is 0 Å². The molecule has 3 N–H and O–H groups in total. The summed E-state index contributed by atoms with van der Waals surface area (Å²) in [5, 5.41) is 9.03. The fourth-order valence-corrected chi connectivity index (χ4v) is 2.55. The van der Waals surface area contributed by atoms with Crippen LogP contribution in [0.2, 0.25) is 0 Å². The molecule has 0 aliphatic rings. The van der Waals surface area contributed by atoms with Gasteiger partial charge in [-0.25, -0.2) is 4.79 Å². The number of hydrogen-bond acceptors (Lipinski definition) is 5. The molecule has 0 radical (unpaired) electrons. The van der Waals surface area contributed by atoms with Crippen molar-refractivity contribution >= 4 is 21.8 Å². The predicted molar refractivity (Wildman–Crippen MR) is 72.1 cm³/mol. The Morgan fingerprint density at radius 1 is 1.05 bits per heavy atom. The van der Waals surface area contributed by atoms with Gasteiger partial charge in [-0.2, -0.15) is 8.42 Å². The number of hydrogen-bond donors (Lipinski definition) is 2. The van der Waals surface area contributed by atoms with Crippen LogP contribution in [0, 0.1) is 0 Å². The van der Waals surface area contributed by atoms with Crippen LogP contribution in [0.15, 0.2) is 53.4 Å². The van der Waals surface area contributed by atoms with E-state index in [9.17, 15) is 13.2 Å². The van der Waals surface area contributed by atoms with Gasteiger partial charge in [0.25, 0.3) is 0 Å². The molecule has 2 rings (SSSR count). The average molecular weight is 293 g/mol. The SMILES string of the molecule is Nc1cccc(C(=O)O)c1OS(=O)(=O)c1ccccc1. The van der Waals surface area contributed by atoms with Crippen LogP contribution in [0.1, 0.15) is 10.4 Å². The van der Waals surface area contributed by atoms with E-state index in [1.54, 1.807) is 6.07 Å². The number of anilines is 1. The lowest BCUT2D eigenvalue weighted by molar-refractivity contribution is 0.0695. The Morgan fingerprint density at radius 2 is 1.70 bits per heavy atom. The summed E-state index contributed by atoms with van der Waals surface area (Å²) in [6.45, 7) is 0. The Balaban J connectivity index is 2.48. The highest BCUT2D eigenvalue weighted by Gasteiger charge is 2.22. The first kappa shape index (κ1) is 13.9. The highest BCUT2D eigenvalue weighted by atomic mass is 32.2. The molecule has 0 aliphatic carbocycles. The van der Waals surface area contributed by atoms with Crippen molar-refractivity contribution < 1.29 is 22.5 Å². The van der Waals surface area contributed by atoms with Crippen molar-refractivity contribution in [2.75, 3.05) is 5.73 Å². The van der Waals surface area contributed by atoms with Gasteiger partial charge in [-0.05, 0) is 24.3 Å². The van der Waals surface area contributed by atoms with E-state index < -0.39 is 16.1 Å². The number of para-hydroxylation sites is 1. The molecule has 0 atom stereocenters. The lowest BCUT2D eigenvalue weighted by atomic mass is 10.2. The van der Waals surface area contributed by atoms with Crippen molar-refractivity contribution in [3.63, 3.8) is 0 Å². The van der Waals surface area contributed by atoms with Crippen LogP contribution in [0.5, 0.6) is 5.75 Å². The predicted octanol–water partition coefficient (Wildman–Crippen LogP) is 1.73. The van der Waals surface area contributed by atoms with Gasteiger partial charge >= 0.3 is 16.1 Å². The van der Waals surface area contributed by atoms with Crippen molar-refractivity contribution in [3.8, 4) is 5.75 Å². The molecule has 7 heteroatoms. The fourth-order valence-electron chi connectivity index (χ4n) is 1.56. The van der Waals surface area contributed by atoms with Crippen molar-refractivity contribution in [1.29, 1.82) is 0 Å². The zero-order chi connectivity index (χ0) is 14.8. The summed E-state index contributed by atoms with van der Waals surface area (Å²) in [6, 6.07) is 11.4. The number of carbonyl (C=O) groups is 1. The quantitative estimate of drug-likeness (QED) is 0.656. The molecule has 0 unspecified atom stereocenters. The van der Waals surface area contributed by atoms with E-state index in [1.165, 1.54) is 42.5 Å². The maximum Gasteiger partial charge on any atom is 0.339 e. The molecule has 2 aromatic rings. The first-order valence-electron chi connectivity index (χ1n) is 5.53. The van der Waals surface area contributed by atoms with Crippen LogP contribution in [0.25, 0.3) is 0 Å². The molecular formula is C13H11NO5S. The summed E-state index contributed by atoms with van der Waals surface area (Å²) in [5.74, 6) is -1.71. The standard InChI is InChI=1S/C13H11NO5S/c14-11-8-4-7-10(13(15)16)12(11)19-20(17,18)9-5-2-1-3-6-9/h1-8H,14H2,(H,15,16). The lowest BCUT2D eigenvalue weighted by Gasteiger charge is -2.11. The van der Waals surface area contributed by atoms with Gasteiger partial charge in [-0.15, -0.1) is 0 Å². The topological polar surface area (TPSA) is 107 Å². The van der Waals surface area contributed by atoms with E-state index in [4.69, 9.17) is 15.0 Å². The number of carboxylic acids is 1. The maximum atomic E-state index is 12.1. The third-order valence-corrected chi connectivity index (χ3v) is 3.74. The minimum Gasteiger partial charge on any atom is -0.478 e. The summed E-state index contributed by atoms with van der Waals surface area (Å²) < 4.78 is 29.0. The average Bonchev–Trinajstić information content (AvgIpc) is 2.41. The van der Waals surface area contributed by atoms with E-state index >= 15 is 0 Å². The molecule has 0 heterocycles. The smallest absolute Gasteiger partial charge is 0.339 e. The number of nitrogens with two attached hydrogens (primary N) is 1. The largest absolute Gasteiger partial charge is 0.478 e. The molecule has 0 bridgehead atoms. The normalized spacial score (nSPS) is 11.0. The molecule has 20 heavy (non-hydrogen) atoms. The molecular weight excluding hydrogens is 282 g/mol. The van der Waals surface area contributed by atoms with Gasteiger partial charge in [-0.3, -0.25) is 0 Å². The summed E-state index contributed by atoms with van der Waals surface area (Å²) in [7, 11) is -4.14. The number of benzene rings is 2. The lowest BCUT2D eigenvalue weighted by Crippen LogP contribution is -2.13. The molecule has 0 saturated heterocycles. The second kappa shape index (κ2) is 5.22. The monoisotopic (exact) mass is 293 g/mol. The van der Waals surface area contributed by atoms with Crippen molar-refractivity contribution in [3.05, 3.63) is 54.1 Å². The van der Waals surface area contributed by atoms with Crippen molar-refractivity contribution in [2.45, 2.75) is 4.90 Å². The Kier molecular flexibility index (Phi) is 3.62. The molecule has 2 aromatic carbocycles. The minimum absolute atomic E-state index is 0.0654. The molecule has 0 amide bonds. The third kappa shape index (κ3) is 2.72. The number of nitrogen functional groups attached to an aromatic ring is 1. The van der Waals surface area contributed by atoms with E-state index in [-0.39, 0.29) is 21.9 Å². The zero-order valence-corrected chi connectivity index (χ0v) is 11.0. The van der Waals surface area contributed by atoms with E-state index in [2.05, 4.69) is 0 Å². The Labute approximate surface area is 115 Å². The van der Waals surface area contributed by atoms with Gasteiger partial charge < -0.3 is 15.0 Å². The van der Waals surface area contributed by atoms with Gasteiger partial charge in [0.1, 0.15) is 10.5 Å². The van der Waals surface area contributed by atoms with Gasteiger partial charge in [-0.1, -0.05) is 24.3 Å². The van der Waals surface area contributed by atoms with Gasteiger partial charge in [0.2, 0.25) is 0 Å². The van der Waals surface area contributed by atoms with E-state index in [0.29, 0.717) is 0 Å². The van der Waals surface area contributed by atoms with Crippen LogP contribution in [0.3, 0.4) is 0 Å². The van der Waals surface area contributed by atoms with Gasteiger partial charge in [0, 0.05) is 0 Å². The van der Waals surface area contributed by atoms with Crippen LogP contribution in [-0.4, -0.2) is 19.5 Å². The van der Waals surface area contributed by atoms with Crippen molar-refractivity contribution in [2.24, 2.45) is 0 Å². The number of rotatable bonds is 4. The summed E-state index contributed by atoms with van der Waals surface area (Å²) >= 11 is 0. The van der Waals surface area contributed by atoms with Gasteiger partial charge in [0.05, 0.1) is 5.69 Å².